The Kier molecular flexibility index (Phi) is 6.81. The molecule has 0 N–H and O–H groups in total. The van der Waals surface area contributed by atoms with Gasteiger partial charge in [0.25, 0.3) is 0 Å². The third-order valence-electron chi connectivity index (χ3n) is 2.64. The Morgan fingerprint density at radius 3 is 1.94 bits per heavy atom. The van der Waals surface area contributed by atoms with E-state index < -0.39 is 16.1 Å². The Balaban J connectivity index is 0.00000256. The molecule has 0 heterocycles. The van der Waals surface area contributed by atoms with Gasteiger partial charge in [-0.2, -0.15) is 5.70 Å². The van der Waals surface area contributed by atoms with Crippen molar-refractivity contribution >= 4 is 16.1 Å². The molecule has 92 valence electrons. The van der Waals surface area contributed by atoms with E-state index in [0.29, 0.717) is 0 Å². The first kappa shape index (κ1) is 17.5. The molecule has 0 aromatic heterocycles. The van der Waals surface area contributed by atoms with E-state index in [0.717, 1.165) is 0 Å². The van der Waals surface area contributed by atoms with Crippen LogP contribution in [-0.2, 0) is 0 Å². The molecule has 0 amide bonds. The molecule has 1 rings (SSSR count). The minimum Gasteiger partial charge on any atom is -0.276 e. The summed E-state index contributed by atoms with van der Waals surface area (Å²) in [7, 11) is -2.24. The summed E-state index contributed by atoms with van der Waals surface area (Å²) in [6.07, 6.45) is 5.33. The van der Waals surface area contributed by atoms with E-state index >= 15 is 0 Å². The standard InChI is InChI=1S/C14H27Si2.Li/c1-15(2,3)11-13-9-7-8-10-14(13)12-16(4,5)6;/h11H,7-10H2,1-6H3;/q-1;+1/b13-11+;. The molecule has 0 radical (unpaired) electrons. The maximum Gasteiger partial charge on any atom is 1.00 e. The van der Waals surface area contributed by atoms with Crippen LogP contribution in [0.1, 0.15) is 25.7 Å². The first-order valence-electron chi connectivity index (χ1n) is 6.53. The minimum atomic E-state index is -1.17. The average molecular weight is 258 g/mol. The zero-order valence-electron chi connectivity index (χ0n) is 12.9. The van der Waals surface area contributed by atoms with Crippen LogP contribution in [0.4, 0.5) is 0 Å². The Hall–Kier alpha value is 0.511. The predicted octanol–water partition coefficient (Wildman–Crippen LogP) is 1.98. The Morgan fingerprint density at radius 1 is 0.941 bits per heavy atom. The van der Waals surface area contributed by atoms with Crippen LogP contribution in [0, 0.1) is 5.70 Å². The summed E-state index contributed by atoms with van der Waals surface area (Å²) in [6.45, 7) is 14.5. The van der Waals surface area contributed by atoms with Crippen LogP contribution in [0.3, 0.4) is 0 Å². The molecule has 0 unspecified atom stereocenters. The third-order valence-corrected chi connectivity index (χ3v) is 4.91. The second kappa shape index (κ2) is 6.61. The van der Waals surface area contributed by atoms with Crippen molar-refractivity contribution in [2.45, 2.75) is 65.0 Å². The first-order valence-corrected chi connectivity index (χ1v) is 13.6. The predicted molar refractivity (Wildman–Crippen MR) is 80.0 cm³/mol. The molecular formula is C14H27LiSi2. The zero-order chi connectivity index (χ0) is 12.4. The third kappa shape index (κ3) is 7.51. The maximum absolute atomic E-state index is 3.84. The van der Waals surface area contributed by atoms with E-state index in [-0.39, 0.29) is 18.9 Å². The molecule has 1 fully saturated rings. The van der Waals surface area contributed by atoms with E-state index in [9.17, 15) is 0 Å². The Morgan fingerprint density at radius 2 is 1.47 bits per heavy atom. The van der Waals surface area contributed by atoms with Crippen LogP contribution in [0.15, 0.2) is 16.8 Å². The summed E-state index contributed by atoms with van der Waals surface area (Å²) in [4.78, 5) is 0. The van der Waals surface area contributed by atoms with Crippen molar-refractivity contribution < 1.29 is 18.9 Å². The van der Waals surface area contributed by atoms with Gasteiger partial charge in [0.15, 0.2) is 0 Å². The summed E-state index contributed by atoms with van der Waals surface area (Å²) < 4.78 is 0. The van der Waals surface area contributed by atoms with Crippen molar-refractivity contribution in [2.24, 2.45) is 0 Å². The summed E-state index contributed by atoms with van der Waals surface area (Å²) in [5, 5.41) is 0. The van der Waals surface area contributed by atoms with Crippen LogP contribution in [-0.4, -0.2) is 16.1 Å². The molecule has 0 bridgehead atoms. The summed E-state index contributed by atoms with van der Waals surface area (Å²) >= 11 is 0. The molecule has 0 spiro atoms. The summed E-state index contributed by atoms with van der Waals surface area (Å²) in [6, 6.07) is 0. The van der Waals surface area contributed by atoms with Crippen molar-refractivity contribution in [3.05, 3.63) is 22.5 Å². The van der Waals surface area contributed by atoms with E-state index in [2.05, 4.69) is 50.7 Å². The monoisotopic (exact) mass is 258 g/mol. The molecule has 0 aliphatic heterocycles. The van der Waals surface area contributed by atoms with Gasteiger partial charge >= 0.3 is 18.9 Å². The molecule has 0 atom stereocenters. The largest absolute Gasteiger partial charge is 1.00 e. The van der Waals surface area contributed by atoms with Gasteiger partial charge in [-0.25, -0.2) is 11.1 Å². The van der Waals surface area contributed by atoms with Crippen molar-refractivity contribution in [3.63, 3.8) is 0 Å². The van der Waals surface area contributed by atoms with Crippen LogP contribution < -0.4 is 18.9 Å². The molecule has 0 aromatic rings. The van der Waals surface area contributed by atoms with Crippen molar-refractivity contribution in [1.82, 2.24) is 0 Å². The van der Waals surface area contributed by atoms with Gasteiger partial charge in [0.1, 0.15) is 0 Å². The van der Waals surface area contributed by atoms with E-state index in [1.807, 2.05) is 0 Å². The van der Waals surface area contributed by atoms with E-state index in [4.69, 9.17) is 0 Å². The van der Waals surface area contributed by atoms with Gasteiger partial charge in [0.2, 0.25) is 0 Å². The molecule has 1 aliphatic rings. The van der Waals surface area contributed by atoms with Crippen molar-refractivity contribution in [2.75, 3.05) is 0 Å². The fourth-order valence-electron chi connectivity index (χ4n) is 2.21. The van der Waals surface area contributed by atoms with Crippen molar-refractivity contribution in [3.8, 4) is 0 Å². The maximum atomic E-state index is 3.84. The second-order valence-electron chi connectivity index (χ2n) is 7.10. The van der Waals surface area contributed by atoms with E-state index in [1.165, 1.54) is 25.7 Å². The zero-order valence-corrected chi connectivity index (χ0v) is 14.9. The number of rotatable bonds is 2. The summed E-state index contributed by atoms with van der Waals surface area (Å²) in [5.74, 6) is 0. The number of allylic oxidation sites excluding steroid dienone is 2. The fourth-order valence-corrected chi connectivity index (χ4v) is 4.76. The van der Waals surface area contributed by atoms with Gasteiger partial charge in [-0.1, -0.05) is 65.0 Å². The number of hydrogen-bond donors (Lipinski definition) is 0. The normalized spacial score (nSPS) is 22.7. The average Bonchev–Trinajstić information content (AvgIpc) is 2.03. The molecular weight excluding hydrogens is 231 g/mol. The van der Waals surface area contributed by atoms with Gasteiger partial charge in [-0.15, -0.1) is 0 Å². The second-order valence-corrected chi connectivity index (χ2v) is 16.9. The number of hydrogen-bond acceptors (Lipinski definition) is 0. The van der Waals surface area contributed by atoms with Crippen LogP contribution in [0.5, 0.6) is 0 Å². The molecule has 17 heavy (non-hydrogen) atoms. The van der Waals surface area contributed by atoms with E-state index in [1.54, 1.807) is 11.1 Å². The summed E-state index contributed by atoms with van der Waals surface area (Å²) in [5.41, 5.74) is 9.67. The van der Waals surface area contributed by atoms with Crippen LogP contribution >= 0.6 is 0 Å². The Labute approximate surface area is 122 Å². The molecule has 0 aromatic carbocycles. The molecule has 3 heteroatoms. The van der Waals surface area contributed by atoms with Crippen LogP contribution in [0.2, 0.25) is 39.3 Å². The van der Waals surface area contributed by atoms with Crippen molar-refractivity contribution in [1.29, 1.82) is 0 Å². The molecule has 0 nitrogen and oxygen atoms in total. The Bertz CT molecular complexity index is 271. The molecule has 1 aliphatic carbocycles. The smallest absolute Gasteiger partial charge is 0.276 e. The van der Waals surface area contributed by atoms with Gasteiger partial charge in [0, 0.05) is 0 Å². The van der Waals surface area contributed by atoms with Crippen LogP contribution in [0.25, 0.3) is 0 Å². The molecule has 0 saturated heterocycles. The van der Waals surface area contributed by atoms with Gasteiger partial charge in [-0.05, 0) is 8.07 Å². The molecule has 1 saturated carbocycles. The van der Waals surface area contributed by atoms with Gasteiger partial charge in [-0.3, -0.25) is 5.70 Å². The first-order chi connectivity index (χ1) is 7.17. The quantitative estimate of drug-likeness (QED) is 0.525. The topological polar surface area (TPSA) is 0 Å². The fraction of sp³-hybridized carbons (Fsp3) is 0.714. The van der Waals surface area contributed by atoms with Gasteiger partial charge in [0.05, 0.1) is 8.07 Å². The SMILES string of the molecule is C[Si](C)(C)[C-]=C1CCCC/C1=C\[Si](C)(C)C.[Li+]. The minimum absolute atomic E-state index is 0. The van der Waals surface area contributed by atoms with Gasteiger partial charge < -0.3 is 0 Å².